The van der Waals surface area contributed by atoms with E-state index in [1.807, 2.05) is 53.2 Å². The number of hydrogen-bond acceptors (Lipinski definition) is 3. The Balaban J connectivity index is 0.00000176. The Morgan fingerprint density at radius 3 is 2.50 bits per heavy atom. The molecule has 1 heterocycles. The van der Waals surface area contributed by atoms with Crippen molar-refractivity contribution < 1.29 is 5.11 Å². The van der Waals surface area contributed by atoms with Crippen molar-refractivity contribution in [1.82, 2.24) is 9.55 Å². The first kappa shape index (κ1) is 16.6. The summed E-state index contributed by atoms with van der Waals surface area (Å²) in [4.78, 5) is 6.25. The summed E-state index contributed by atoms with van der Waals surface area (Å²) in [6.07, 6.45) is 4.75. The normalized spacial score (nSPS) is 11.7. The number of aromatic nitrogens is 2. The molecule has 0 aliphatic carbocycles. The zero-order chi connectivity index (χ0) is 14.5. The van der Waals surface area contributed by atoms with Crippen molar-refractivity contribution in [3.8, 4) is 0 Å². The van der Waals surface area contributed by atoms with E-state index in [-0.39, 0.29) is 12.4 Å². The molecule has 1 unspecified atom stereocenters. The molecule has 3 aromatic rings. The molecule has 0 aliphatic rings. The smallest absolute Gasteiger partial charge is 0.0980 e. The minimum absolute atomic E-state index is 0. The van der Waals surface area contributed by atoms with E-state index >= 15 is 0 Å². The van der Waals surface area contributed by atoms with Crippen LogP contribution < -0.4 is 0 Å². The molecule has 0 bridgehead atoms. The molecule has 114 valence electrons. The molecular formula is C17H17ClN2OS. The molecule has 0 amide bonds. The molecule has 1 aromatic heterocycles. The SMILES string of the molecule is Cl.OC(Cn1ccnc1)c1ccccc1Sc1ccccc1. The maximum atomic E-state index is 10.5. The number of nitrogens with zero attached hydrogens (tertiary/aromatic N) is 2. The van der Waals surface area contributed by atoms with Gasteiger partial charge in [-0.15, -0.1) is 12.4 Å². The van der Waals surface area contributed by atoms with Crippen molar-refractivity contribution in [1.29, 1.82) is 0 Å². The highest BCUT2D eigenvalue weighted by Gasteiger charge is 2.13. The van der Waals surface area contributed by atoms with Crippen LogP contribution >= 0.6 is 24.2 Å². The van der Waals surface area contributed by atoms with Gasteiger partial charge in [0.15, 0.2) is 0 Å². The average Bonchev–Trinajstić information content (AvgIpc) is 3.02. The van der Waals surface area contributed by atoms with Crippen molar-refractivity contribution >= 4 is 24.2 Å². The number of aliphatic hydroxyl groups excluding tert-OH is 1. The highest BCUT2D eigenvalue weighted by Crippen LogP contribution is 2.33. The second kappa shape index (κ2) is 8.03. The second-order valence-corrected chi connectivity index (χ2v) is 5.84. The van der Waals surface area contributed by atoms with E-state index in [4.69, 9.17) is 0 Å². The van der Waals surface area contributed by atoms with Gasteiger partial charge in [-0.3, -0.25) is 0 Å². The quantitative estimate of drug-likeness (QED) is 0.761. The van der Waals surface area contributed by atoms with Gasteiger partial charge in [0.25, 0.3) is 0 Å². The third-order valence-electron chi connectivity index (χ3n) is 3.19. The van der Waals surface area contributed by atoms with Crippen LogP contribution in [0.1, 0.15) is 11.7 Å². The monoisotopic (exact) mass is 332 g/mol. The zero-order valence-electron chi connectivity index (χ0n) is 11.9. The van der Waals surface area contributed by atoms with E-state index in [0.29, 0.717) is 6.54 Å². The molecule has 0 saturated carbocycles. The van der Waals surface area contributed by atoms with Crippen LogP contribution in [-0.4, -0.2) is 14.7 Å². The van der Waals surface area contributed by atoms with Gasteiger partial charge in [-0.1, -0.05) is 48.2 Å². The molecule has 5 heteroatoms. The molecule has 2 aromatic carbocycles. The number of halogens is 1. The Bertz CT molecular complexity index is 689. The third-order valence-corrected chi connectivity index (χ3v) is 4.29. The predicted octanol–water partition coefficient (Wildman–Crippen LogP) is 4.19. The number of imidazole rings is 1. The van der Waals surface area contributed by atoms with E-state index in [1.165, 1.54) is 4.90 Å². The molecular weight excluding hydrogens is 316 g/mol. The standard InChI is InChI=1S/C17H16N2OS.ClH/c20-16(12-19-11-10-18-13-19)15-8-4-5-9-17(15)21-14-6-2-1-3-7-14;/h1-11,13,16,20H,12H2;1H. The van der Waals surface area contributed by atoms with E-state index in [0.717, 1.165) is 10.5 Å². The summed E-state index contributed by atoms with van der Waals surface area (Å²) in [5, 5.41) is 10.5. The van der Waals surface area contributed by atoms with Gasteiger partial charge in [0.2, 0.25) is 0 Å². The Hall–Kier alpha value is -1.75. The van der Waals surface area contributed by atoms with Crippen LogP contribution in [0.25, 0.3) is 0 Å². The van der Waals surface area contributed by atoms with E-state index < -0.39 is 6.10 Å². The first-order valence-electron chi connectivity index (χ1n) is 6.78. The Morgan fingerprint density at radius 2 is 1.77 bits per heavy atom. The van der Waals surface area contributed by atoms with E-state index in [2.05, 4.69) is 17.1 Å². The second-order valence-electron chi connectivity index (χ2n) is 4.73. The Kier molecular flexibility index (Phi) is 6.07. The lowest BCUT2D eigenvalue weighted by Gasteiger charge is -2.15. The largest absolute Gasteiger partial charge is 0.386 e. The molecule has 0 saturated heterocycles. The van der Waals surface area contributed by atoms with Crippen LogP contribution in [0.15, 0.2) is 83.1 Å². The molecule has 0 spiro atoms. The lowest BCUT2D eigenvalue weighted by atomic mass is 10.1. The number of benzene rings is 2. The predicted molar refractivity (Wildman–Crippen MR) is 91.4 cm³/mol. The molecule has 0 radical (unpaired) electrons. The first-order chi connectivity index (χ1) is 10.3. The maximum absolute atomic E-state index is 10.5. The lowest BCUT2D eigenvalue weighted by Crippen LogP contribution is -2.08. The van der Waals surface area contributed by atoms with Crippen molar-refractivity contribution in [3.05, 3.63) is 78.9 Å². The van der Waals surface area contributed by atoms with Gasteiger partial charge >= 0.3 is 0 Å². The van der Waals surface area contributed by atoms with Gasteiger partial charge in [0, 0.05) is 22.2 Å². The number of rotatable bonds is 5. The van der Waals surface area contributed by atoms with Gasteiger partial charge in [0.05, 0.1) is 19.0 Å². The van der Waals surface area contributed by atoms with Crippen LogP contribution in [0.2, 0.25) is 0 Å². The van der Waals surface area contributed by atoms with Gasteiger partial charge in [-0.2, -0.15) is 0 Å². The minimum Gasteiger partial charge on any atom is -0.386 e. The summed E-state index contributed by atoms with van der Waals surface area (Å²) in [7, 11) is 0. The van der Waals surface area contributed by atoms with Crippen LogP contribution in [0, 0.1) is 0 Å². The van der Waals surface area contributed by atoms with Crippen LogP contribution in [-0.2, 0) is 6.54 Å². The summed E-state index contributed by atoms with van der Waals surface area (Å²) in [6, 6.07) is 18.2. The van der Waals surface area contributed by atoms with Crippen molar-refractivity contribution in [2.75, 3.05) is 0 Å². The average molecular weight is 333 g/mol. The Labute approximate surface area is 140 Å². The van der Waals surface area contributed by atoms with Crippen molar-refractivity contribution in [2.45, 2.75) is 22.4 Å². The van der Waals surface area contributed by atoms with E-state index in [1.54, 1.807) is 24.3 Å². The molecule has 0 fully saturated rings. The van der Waals surface area contributed by atoms with Gasteiger partial charge in [0.1, 0.15) is 0 Å². The van der Waals surface area contributed by atoms with Gasteiger partial charge < -0.3 is 9.67 Å². The fourth-order valence-electron chi connectivity index (χ4n) is 2.16. The molecule has 1 atom stereocenters. The van der Waals surface area contributed by atoms with Crippen LogP contribution in [0.5, 0.6) is 0 Å². The van der Waals surface area contributed by atoms with Crippen molar-refractivity contribution in [2.24, 2.45) is 0 Å². The molecule has 3 rings (SSSR count). The maximum Gasteiger partial charge on any atom is 0.0980 e. The van der Waals surface area contributed by atoms with Crippen LogP contribution in [0.4, 0.5) is 0 Å². The van der Waals surface area contributed by atoms with Gasteiger partial charge in [-0.05, 0) is 23.8 Å². The van der Waals surface area contributed by atoms with Gasteiger partial charge in [-0.25, -0.2) is 4.98 Å². The highest BCUT2D eigenvalue weighted by atomic mass is 35.5. The molecule has 1 N–H and O–H groups in total. The number of hydrogen-bond donors (Lipinski definition) is 1. The summed E-state index contributed by atoms with van der Waals surface area (Å²) < 4.78 is 1.88. The minimum atomic E-state index is -0.549. The number of aliphatic hydroxyl groups is 1. The first-order valence-corrected chi connectivity index (χ1v) is 7.60. The molecule has 0 aliphatic heterocycles. The topological polar surface area (TPSA) is 38.0 Å². The lowest BCUT2D eigenvalue weighted by molar-refractivity contribution is 0.154. The summed E-state index contributed by atoms with van der Waals surface area (Å²) in [6.45, 7) is 0.506. The van der Waals surface area contributed by atoms with E-state index in [9.17, 15) is 5.11 Å². The summed E-state index contributed by atoms with van der Waals surface area (Å²) >= 11 is 1.67. The van der Waals surface area contributed by atoms with Crippen LogP contribution in [0.3, 0.4) is 0 Å². The summed E-state index contributed by atoms with van der Waals surface area (Å²) in [5.41, 5.74) is 0.944. The Morgan fingerprint density at radius 1 is 1.05 bits per heavy atom. The van der Waals surface area contributed by atoms with Crippen molar-refractivity contribution in [3.63, 3.8) is 0 Å². The summed E-state index contributed by atoms with van der Waals surface area (Å²) in [5.74, 6) is 0. The third kappa shape index (κ3) is 4.13. The zero-order valence-corrected chi connectivity index (χ0v) is 13.5. The molecule has 3 nitrogen and oxygen atoms in total. The fourth-order valence-corrected chi connectivity index (χ4v) is 3.17. The fraction of sp³-hybridized carbons (Fsp3) is 0.118. The molecule has 22 heavy (non-hydrogen) atoms. The highest BCUT2D eigenvalue weighted by molar-refractivity contribution is 7.99.